The predicted octanol–water partition coefficient (Wildman–Crippen LogP) is 2.75. The summed E-state index contributed by atoms with van der Waals surface area (Å²) in [6.07, 6.45) is 6.53. The molecule has 0 aliphatic carbocycles. The van der Waals surface area contributed by atoms with Gasteiger partial charge in [0.1, 0.15) is 5.75 Å². The average molecular weight is 220 g/mol. The lowest BCUT2D eigenvalue weighted by molar-refractivity contribution is -0.137. The third kappa shape index (κ3) is 5.20. The summed E-state index contributed by atoms with van der Waals surface area (Å²) in [5, 5.41) is 17.5. The lowest BCUT2D eigenvalue weighted by Crippen LogP contribution is -1.92. The van der Waals surface area contributed by atoms with E-state index in [4.69, 9.17) is 10.2 Å². The molecule has 1 rings (SSSR count). The van der Waals surface area contributed by atoms with Crippen molar-refractivity contribution in [2.24, 2.45) is 0 Å². The third-order valence-electron chi connectivity index (χ3n) is 2.22. The van der Waals surface area contributed by atoms with Crippen LogP contribution in [0.5, 0.6) is 5.75 Å². The molecule has 1 aromatic carbocycles. The van der Waals surface area contributed by atoms with E-state index >= 15 is 0 Å². The van der Waals surface area contributed by atoms with Crippen LogP contribution in [0.25, 0.3) is 0 Å². The number of rotatable bonds is 6. The van der Waals surface area contributed by atoms with Crippen molar-refractivity contribution in [3.63, 3.8) is 0 Å². The number of allylic oxidation sites excluding steroid dienone is 2. The molecule has 3 nitrogen and oxygen atoms in total. The molecule has 0 aliphatic rings. The zero-order valence-corrected chi connectivity index (χ0v) is 9.10. The zero-order chi connectivity index (χ0) is 11.8. The second-order valence-electron chi connectivity index (χ2n) is 3.63. The largest absolute Gasteiger partial charge is 0.508 e. The number of unbranched alkanes of at least 4 members (excludes halogenated alkanes) is 1. The first-order valence-corrected chi connectivity index (χ1v) is 5.33. The number of hydrogen-bond acceptors (Lipinski definition) is 2. The van der Waals surface area contributed by atoms with E-state index < -0.39 is 5.97 Å². The molecule has 0 spiro atoms. The molecule has 0 bridgehead atoms. The van der Waals surface area contributed by atoms with Crippen LogP contribution in [0, 0.1) is 0 Å². The summed E-state index contributed by atoms with van der Waals surface area (Å²) in [4.78, 5) is 10.2. The Hall–Kier alpha value is -1.77. The summed E-state index contributed by atoms with van der Waals surface area (Å²) in [5.74, 6) is -0.471. The number of carboxylic acid groups (broad SMARTS) is 1. The normalized spacial score (nSPS) is 10.8. The number of aromatic hydroxyl groups is 1. The molecular formula is C13H16O3. The predicted molar refractivity (Wildman–Crippen MR) is 62.4 cm³/mol. The lowest BCUT2D eigenvalue weighted by Gasteiger charge is -1.96. The van der Waals surface area contributed by atoms with E-state index in [0.29, 0.717) is 6.42 Å². The Balaban J connectivity index is 2.21. The molecule has 3 heteroatoms. The molecule has 0 atom stereocenters. The van der Waals surface area contributed by atoms with E-state index in [2.05, 4.69) is 0 Å². The Kier molecular flexibility index (Phi) is 5.12. The molecule has 86 valence electrons. The van der Waals surface area contributed by atoms with Gasteiger partial charge in [0.15, 0.2) is 0 Å². The number of phenols is 1. The summed E-state index contributed by atoms with van der Waals surface area (Å²) < 4.78 is 0. The van der Waals surface area contributed by atoms with Crippen molar-refractivity contribution < 1.29 is 15.0 Å². The highest BCUT2D eigenvalue weighted by Gasteiger charge is 1.93. The minimum absolute atomic E-state index is 0.226. The minimum atomic E-state index is -0.744. The molecular weight excluding hydrogens is 204 g/mol. The molecule has 0 saturated heterocycles. The maximum atomic E-state index is 10.2. The first kappa shape index (κ1) is 12.3. The van der Waals surface area contributed by atoms with Gasteiger partial charge in [-0.2, -0.15) is 0 Å². The topological polar surface area (TPSA) is 57.5 Å². The van der Waals surface area contributed by atoms with Crippen molar-refractivity contribution in [3.05, 3.63) is 42.0 Å². The highest BCUT2D eigenvalue weighted by Crippen LogP contribution is 2.10. The lowest BCUT2D eigenvalue weighted by atomic mass is 10.1. The standard InChI is InChI=1S/C13H16O3/c14-12-9-7-11(8-10-12)5-3-1-2-4-6-13(15)16/h1,3,7-10,14H,2,4-6H2,(H,15,16)/b3-1-. The molecule has 0 saturated carbocycles. The molecule has 0 aromatic heterocycles. The van der Waals surface area contributed by atoms with Gasteiger partial charge in [-0.3, -0.25) is 4.79 Å². The van der Waals surface area contributed by atoms with E-state index in [1.165, 1.54) is 0 Å². The van der Waals surface area contributed by atoms with Gasteiger partial charge < -0.3 is 10.2 Å². The highest BCUT2D eigenvalue weighted by molar-refractivity contribution is 5.66. The molecule has 0 aliphatic heterocycles. The molecule has 0 unspecified atom stereocenters. The van der Waals surface area contributed by atoms with Gasteiger partial charge in [0.05, 0.1) is 0 Å². The van der Waals surface area contributed by atoms with Gasteiger partial charge in [-0.15, -0.1) is 0 Å². The Bertz CT molecular complexity index is 352. The van der Waals surface area contributed by atoms with Crippen LogP contribution in [-0.2, 0) is 11.2 Å². The van der Waals surface area contributed by atoms with E-state index in [-0.39, 0.29) is 12.2 Å². The SMILES string of the molecule is O=C(O)CCC/C=C\Cc1ccc(O)cc1. The fourth-order valence-electron chi connectivity index (χ4n) is 1.34. The Labute approximate surface area is 95.0 Å². The summed E-state index contributed by atoms with van der Waals surface area (Å²) in [5.41, 5.74) is 1.13. The van der Waals surface area contributed by atoms with Crippen LogP contribution in [0.1, 0.15) is 24.8 Å². The van der Waals surface area contributed by atoms with Gasteiger partial charge in [-0.05, 0) is 37.0 Å². The summed E-state index contributed by atoms with van der Waals surface area (Å²) in [6, 6.07) is 7.06. The Morgan fingerprint density at radius 2 is 1.88 bits per heavy atom. The molecule has 0 heterocycles. The first-order chi connectivity index (χ1) is 7.68. The number of aliphatic carboxylic acids is 1. The maximum Gasteiger partial charge on any atom is 0.303 e. The van der Waals surface area contributed by atoms with E-state index in [1.807, 2.05) is 24.3 Å². The number of phenolic OH excluding ortho intramolecular Hbond substituents is 1. The van der Waals surface area contributed by atoms with Crippen LogP contribution < -0.4 is 0 Å². The number of benzene rings is 1. The number of carboxylic acids is 1. The fraction of sp³-hybridized carbons (Fsp3) is 0.308. The van der Waals surface area contributed by atoms with Gasteiger partial charge in [0.2, 0.25) is 0 Å². The minimum Gasteiger partial charge on any atom is -0.508 e. The molecule has 1 aromatic rings. The maximum absolute atomic E-state index is 10.2. The molecule has 2 N–H and O–H groups in total. The van der Waals surface area contributed by atoms with Gasteiger partial charge in [-0.25, -0.2) is 0 Å². The van der Waals surface area contributed by atoms with Crippen LogP contribution in [-0.4, -0.2) is 16.2 Å². The van der Waals surface area contributed by atoms with Crippen LogP contribution in [0.2, 0.25) is 0 Å². The monoisotopic (exact) mass is 220 g/mol. The number of hydrogen-bond donors (Lipinski definition) is 2. The molecule has 0 amide bonds. The van der Waals surface area contributed by atoms with Crippen LogP contribution >= 0.6 is 0 Å². The van der Waals surface area contributed by atoms with Crippen molar-refractivity contribution >= 4 is 5.97 Å². The van der Waals surface area contributed by atoms with E-state index in [0.717, 1.165) is 18.4 Å². The Morgan fingerprint density at radius 1 is 1.19 bits per heavy atom. The van der Waals surface area contributed by atoms with Gasteiger partial charge in [-0.1, -0.05) is 24.3 Å². The summed E-state index contributed by atoms with van der Waals surface area (Å²) >= 11 is 0. The van der Waals surface area contributed by atoms with Crippen molar-refractivity contribution in [1.29, 1.82) is 0 Å². The molecule has 0 fully saturated rings. The highest BCUT2D eigenvalue weighted by atomic mass is 16.4. The van der Waals surface area contributed by atoms with Gasteiger partial charge in [0.25, 0.3) is 0 Å². The Morgan fingerprint density at radius 3 is 2.50 bits per heavy atom. The smallest absolute Gasteiger partial charge is 0.303 e. The van der Waals surface area contributed by atoms with Gasteiger partial charge in [0, 0.05) is 6.42 Å². The first-order valence-electron chi connectivity index (χ1n) is 5.33. The second kappa shape index (κ2) is 6.67. The number of carbonyl (C=O) groups is 1. The molecule has 16 heavy (non-hydrogen) atoms. The van der Waals surface area contributed by atoms with Crippen molar-refractivity contribution in [2.45, 2.75) is 25.7 Å². The van der Waals surface area contributed by atoms with E-state index in [1.54, 1.807) is 12.1 Å². The quantitative estimate of drug-likeness (QED) is 0.572. The van der Waals surface area contributed by atoms with Gasteiger partial charge >= 0.3 is 5.97 Å². The zero-order valence-electron chi connectivity index (χ0n) is 9.10. The third-order valence-corrected chi connectivity index (χ3v) is 2.22. The fourth-order valence-corrected chi connectivity index (χ4v) is 1.34. The average Bonchev–Trinajstić information content (AvgIpc) is 2.25. The van der Waals surface area contributed by atoms with Crippen LogP contribution in [0.4, 0.5) is 0 Å². The van der Waals surface area contributed by atoms with Crippen molar-refractivity contribution in [3.8, 4) is 5.75 Å². The van der Waals surface area contributed by atoms with Crippen LogP contribution in [0.15, 0.2) is 36.4 Å². The second-order valence-corrected chi connectivity index (χ2v) is 3.63. The van der Waals surface area contributed by atoms with Crippen molar-refractivity contribution in [1.82, 2.24) is 0 Å². The summed E-state index contributed by atoms with van der Waals surface area (Å²) in [7, 11) is 0. The molecule has 0 radical (unpaired) electrons. The van der Waals surface area contributed by atoms with E-state index in [9.17, 15) is 4.79 Å². The van der Waals surface area contributed by atoms with Crippen LogP contribution in [0.3, 0.4) is 0 Å². The van der Waals surface area contributed by atoms with Crippen molar-refractivity contribution in [2.75, 3.05) is 0 Å². The summed E-state index contributed by atoms with van der Waals surface area (Å²) in [6.45, 7) is 0.